The van der Waals surface area contributed by atoms with E-state index in [4.69, 9.17) is 0 Å². The third kappa shape index (κ3) is 2.68. The molecule has 6 heteroatoms. The topological polar surface area (TPSA) is 29.9 Å². The van der Waals surface area contributed by atoms with Gasteiger partial charge >= 0.3 is 6.18 Å². The first-order chi connectivity index (χ1) is 8.54. The second kappa shape index (κ2) is 5.30. The molecule has 0 spiro atoms. The molecule has 1 aromatic rings. The van der Waals surface area contributed by atoms with Crippen LogP contribution in [0.4, 0.5) is 13.2 Å². The van der Waals surface area contributed by atoms with Gasteiger partial charge in [-0.05, 0) is 6.42 Å². The highest BCUT2D eigenvalue weighted by molar-refractivity contribution is 5.21. The van der Waals surface area contributed by atoms with Gasteiger partial charge in [0.2, 0.25) is 5.82 Å². The average molecular weight is 261 g/mol. The van der Waals surface area contributed by atoms with Gasteiger partial charge < -0.3 is 9.88 Å². The molecule has 0 aliphatic carbocycles. The fraction of sp³-hybridized carbons (Fsp3) is 0.750. The van der Waals surface area contributed by atoms with Gasteiger partial charge in [-0.25, -0.2) is 4.98 Å². The molecule has 1 N–H and O–H groups in total. The molecule has 102 valence electrons. The van der Waals surface area contributed by atoms with E-state index in [1.807, 2.05) is 6.92 Å². The number of aromatic nitrogens is 2. The zero-order chi connectivity index (χ0) is 13.2. The number of imidazole rings is 1. The van der Waals surface area contributed by atoms with Crippen molar-refractivity contribution in [2.75, 3.05) is 6.54 Å². The van der Waals surface area contributed by atoms with Crippen molar-refractivity contribution >= 4 is 0 Å². The van der Waals surface area contributed by atoms with Crippen LogP contribution in [0.15, 0.2) is 0 Å². The van der Waals surface area contributed by atoms with Crippen molar-refractivity contribution in [2.24, 2.45) is 0 Å². The smallest absolute Gasteiger partial charge is 0.324 e. The number of nitrogens with one attached hydrogen (secondary N) is 1. The Morgan fingerprint density at radius 1 is 1.33 bits per heavy atom. The Morgan fingerprint density at radius 3 is 2.78 bits per heavy atom. The van der Waals surface area contributed by atoms with Gasteiger partial charge in [-0.3, -0.25) is 0 Å². The van der Waals surface area contributed by atoms with Crippen molar-refractivity contribution in [3.8, 4) is 0 Å². The average Bonchev–Trinajstić information content (AvgIpc) is 2.69. The molecule has 1 aliphatic rings. The highest BCUT2D eigenvalue weighted by Crippen LogP contribution is 2.31. The highest BCUT2D eigenvalue weighted by Gasteiger charge is 2.38. The number of halogens is 3. The van der Waals surface area contributed by atoms with E-state index in [1.54, 1.807) is 0 Å². The maximum atomic E-state index is 12.9. The fourth-order valence-corrected chi connectivity index (χ4v) is 2.35. The molecule has 0 saturated carbocycles. The van der Waals surface area contributed by atoms with E-state index in [0.29, 0.717) is 25.2 Å². The zero-order valence-corrected chi connectivity index (χ0v) is 10.5. The first-order valence-corrected chi connectivity index (χ1v) is 6.40. The summed E-state index contributed by atoms with van der Waals surface area (Å²) >= 11 is 0. The van der Waals surface area contributed by atoms with Crippen molar-refractivity contribution in [2.45, 2.75) is 51.9 Å². The summed E-state index contributed by atoms with van der Waals surface area (Å²) in [6.45, 7) is 3.63. The minimum atomic E-state index is -4.36. The summed E-state index contributed by atoms with van der Waals surface area (Å²) in [6, 6.07) is 0. The van der Waals surface area contributed by atoms with Gasteiger partial charge in [-0.2, -0.15) is 13.2 Å². The van der Waals surface area contributed by atoms with E-state index in [1.165, 1.54) is 4.57 Å². The first kappa shape index (κ1) is 13.4. The van der Waals surface area contributed by atoms with Crippen molar-refractivity contribution in [3.63, 3.8) is 0 Å². The molecule has 1 aliphatic heterocycles. The largest absolute Gasteiger partial charge is 0.449 e. The third-order valence-corrected chi connectivity index (χ3v) is 3.23. The van der Waals surface area contributed by atoms with E-state index >= 15 is 0 Å². The Hall–Kier alpha value is -1.04. The lowest BCUT2D eigenvalue weighted by Crippen LogP contribution is -2.25. The van der Waals surface area contributed by atoms with Crippen LogP contribution in [0.25, 0.3) is 0 Å². The molecule has 0 fully saturated rings. The standard InChI is InChI=1S/C12H18F3N3/c1-2-3-4-7-18-10-5-6-16-8-9(10)17-11(18)12(13,14)15/h16H,2-8H2,1H3. The normalized spacial score (nSPS) is 15.8. The quantitative estimate of drug-likeness (QED) is 0.845. The molecular weight excluding hydrogens is 243 g/mol. The van der Waals surface area contributed by atoms with Gasteiger partial charge in [0.15, 0.2) is 0 Å². The second-order valence-corrected chi connectivity index (χ2v) is 4.61. The van der Waals surface area contributed by atoms with Crippen LogP contribution in [-0.4, -0.2) is 16.1 Å². The molecule has 0 saturated heterocycles. The van der Waals surface area contributed by atoms with Crippen LogP contribution in [0.5, 0.6) is 0 Å². The van der Waals surface area contributed by atoms with Crippen molar-refractivity contribution in [3.05, 3.63) is 17.2 Å². The molecule has 2 heterocycles. The Labute approximate surface area is 104 Å². The number of rotatable bonds is 4. The van der Waals surface area contributed by atoms with Gasteiger partial charge in [-0.15, -0.1) is 0 Å². The van der Waals surface area contributed by atoms with Crippen LogP contribution < -0.4 is 5.32 Å². The number of nitrogens with zero attached hydrogens (tertiary/aromatic N) is 2. The maximum Gasteiger partial charge on any atom is 0.449 e. The number of alkyl halides is 3. The van der Waals surface area contributed by atoms with Gasteiger partial charge in [0.25, 0.3) is 0 Å². The van der Waals surface area contributed by atoms with Crippen molar-refractivity contribution < 1.29 is 13.2 Å². The van der Waals surface area contributed by atoms with Gasteiger partial charge in [0, 0.05) is 31.7 Å². The highest BCUT2D eigenvalue weighted by atomic mass is 19.4. The zero-order valence-electron chi connectivity index (χ0n) is 10.5. The molecule has 0 unspecified atom stereocenters. The molecule has 2 rings (SSSR count). The Balaban J connectivity index is 2.30. The lowest BCUT2D eigenvalue weighted by molar-refractivity contribution is -0.147. The molecule has 3 nitrogen and oxygen atoms in total. The van der Waals surface area contributed by atoms with Crippen LogP contribution in [-0.2, 0) is 25.7 Å². The summed E-state index contributed by atoms with van der Waals surface area (Å²) in [7, 11) is 0. The maximum absolute atomic E-state index is 12.9. The van der Waals surface area contributed by atoms with Crippen LogP contribution in [0.3, 0.4) is 0 Å². The number of hydrogen-bond acceptors (Lipinski definition) is 2. The summed E-state index contributed by atoms with van der Waals surface area (Å²) in [4.78, 5) is 3.78. The summed E-state index contributed by atoms with van der Waals surface area (Å²) in [5.74, 6) is -0.729. The van der Waals surface area contributed by atoms with E-state index < -0.39 is 12.0 Å². The van der Waals surface area contributed by atoms with E-state index in [9.17, 15) is 13.2 Å². The van der Waals surface area contributed by atoms with Crippen molar-refractivity contribution in [1.82, 2.24) is 14.9 Å². The summed E-state index contributed by atoms with van der Waals surface area (Å²) in [5.41, 5.74) is 1.32. The number of fused-ring (bicyclic) bond motifs is 1. The van der Waals surface area contributed by atoms with E-state index in [2.05, 4.69) is 10.3 Å². The van der Waals surface area contributed by atoms with E-state index in [0.717, 1.165) is 31.5 Å². The van der Waals surface area contributed by atoms with Gasteiger partial charge in [0.05, 0.1) is 5.69 Å². The van der Waals surface area contributed by atoms with Crippen LogP contribution in [0, 0.1) is 0 Å². The Morgan fingerprint density at radius 2 is 2.11 bits per heavy atom. The fourth-order valence-electron chi connectivity index (χ4n) is 2.35. The predicted molar refractivity (Wildman–Crippen MR) is 62.2 cm³/mol. The second-order valence-electron chi connectivity index (χ2n) is 4.61. The van der Waals surface area contributed by atoms with Gasteiger partial charge in [-0.1, -0.05) is 19.8 Å². The lowest BCUT2D eigenvalue weighted by atomic mass is 10.1. The Kier molecular flexibility index (Phi) is 3.94. The van der Waals surface area contributed by atoms with Crippen LogP contribution >= 0.6 is 0 Å². The number of hydrogen-bond donors (Lipinski definition) is 1. The van der Waals surface area contributed by atoms with E-state index in [-0.39, 0.29) is 0 Å². The molecular formula is C12H18F3N3. The van der Waals surface area contributed by atoms with Crippen molar-refractivity contribution in [1.29, 1.82) is 0 Å². The predicted octanol–water partition coefficient (Wildman–Crippen LogP) is 2.74. The molecule has 0 bridgehead atoms. The SMILES string of the molecule is CCCCCn1c(C(F)(F)F)nc2c1CCNC2. The minimum absolute atomic E-state index is 0.422. The molecule has 0 aromatic carbocycles. The summed E-state index contributed by atoms with van der Waals surface area (Å²) < 4.78 is 40.2. The summed E-state index contributed by atoms with van der Waals surface area (Å²) in [5, 5.41) is 3.06. The third-order valence-electron chi connectivity index (χ3n) is 3.23. The van der Waals surface area contributed by atoms with Gasteiger partial charge in [0.1, 0.15) is 0 Å². The molecule has 0 amide bonds. The molecule has 1 aromatic heterocycles. The van der Waals surface area contributed by atoms with Crippen LogP contribution in [0.2, 0.25) is 0 Å². The minimum Gasteiger partial charge on any atom is -0.324 e. The first-order valence-electron chi connectivity index (χ1n) is 6.40. The lowest BCUT2D eigenvalue weighted by Gasteiger charge is -2.16. The number of unbranched alkanes of at least 4 members (excludes halogenated alkanes) is 2. The Bertz CT molecular complexity index is 409. The summed E-state index contributed by atoms with van der Waals surface area (Å²) in [6.07, 6.45) is -1.01. The molecule has 18 heavy (non-hydrogen) atoms. The molecule has 0 atom stereocenters. The molecule has 0 radical (unpaired) electrons. The monoisotopic (exact) mass is 261 g/mol. The van der Waals surface area contributed by atoms with Crippen LogP contribution in [0.1, 0.15) is 43.4 Å².